The van der Waals surface area contributed by atoms with Crippen LogP contribution < -0.4 is 0 Å². The number of furan rings is 1. The van der Waals surface area contributed by atoms with Gasteiger partial charge in [0.15, 0.2) is 5.76 Å². The van der Waals surface area contributed by atoms with Crippen LogP contribution in [0.4, 0.5) is 4.39 Å². The van der Waals surface area contributed by atoms with Gasteiger partial charge >= 0.3 is 5.97 Å². The molecule has 3 rings (SSSR count). The lowest BCUT2D eigenvalue weighted by Crippen LogP contribution is -2.49. The molecule has 1 aromatic carbocycles. The molecular weight excluding hydrogens is 313 g/mol. The fourth-order valence-corrected chi connectivity index (χ4v) is 3.16. The molecule has 1 aliphatic heterocycles. The van der Waals surface area contributed by atoms with Crippen molar-refractivity contribution in [3.63, 3.8) is 0 Å². The zero-order valence-corrected chi connectivity index (χ0v) is 13.2. The van der Waals surface area contributed by atoms with Gasteiger partial charge in [0.25, 0.3) is 5.91 Å². The van der Waals surface area contributed by atoms with Gasteiger partial charge in [-0.25, -0.2) is 4.39 Å². The maximum Gasteiger partial charge on any atom is 0.308 e. The maximum atomic E-state index is 13.8. The molecule has 2 heterocycles. The van der Waals surface area contributed by atoms with Crippen molar-refractivity contribution in [2.45, 2.75) is 25.8 Å². The maximum absolute atomic E-state index is 13.8. The highest BCUT2D eigenvalue weighted by molar-refractivity contribution is 5.93. The van der Waals surface area contributed by atoms with Gasteiger partial charge in [-0.2, -0.15) is 0 Å². The molecule has 0 bridgehead atoms. The molecule has 1 saturated heterocycles. The molecular formula is C18H18FNO4. The molecule has 1 amide bonds. The number of carboxylic acid groups (broad SMARTS) is 1. The van der Waals surface area contributed by atoms with E-state index in [1.807, 2.05) is 0 Å². The van der Waals surface area contributed by atoms with Crippen LogP contribution in [0.5, 0.6) is 0 Å². The van der Waals surface area contributed by atoms with Crippen LogP contribution in [0.25, 0.3) is 11.3 Å². The van der Waals surface area contributed by atoms with E-state index in [1.54, 1.807) is 31.2 Å². The number of benzene rings is 1. The summed E-state index contributed by atoms with van der Waals surface area (Å²) in [6.45, 7) is 2.22. The summed E-state index contributed by atoms with van der Waals surface area (Å²) in [4.78, 5) is 25.5. The number of nitrogens with zero attached hydrogens (tertiary/aromatic N) is 1. The van der Waals surface area contributed by atoms with Gasteiger partial charge in [0.05, 0.1) is 11.5 Å². The molecule has 1 aliphatic rings. The van der Waals surface area contributed by atoms with Crippen molar-refractivity contribution in [1.82, 2.24) is 4.90 Å². The third-order valence-corrected chi connectivity index (χ3v) is 4.52. The average Bonchev–Trinajstić information content (AvgIpc) is 3.04. The number of rotatable bonds is 3. The van der Waals surface area contributed by atoms with Crippen LogP contribution in [0.2, 0.25) is 0 Å². The van der Waals surface area contributed by atoms with Gasteiger partial charge in [0.1, 0.15) is 11.6 Å². The first-order valence-corrected chi connectivity index (χ1v) is 7.87. The Bertz CT molecular complexity index is 770. The lowest BCUT2D eigenvalue weighted by Gasteiger charge is -2.36. The van der Waals surface area contributed by atoms with Crippen molar-refractivity contribution in [2.75, 3.05) is 6.54 Å². The molecule has 0 spiro atoms. The zero-order valence-electron chi connectivity index (χ0n) is 13.2. The summed E-state index contributed by atoms with van der Waals surface area (Å²) < 4.78 is 19.4. The monoisotopic (exact) mass is 331 g/mol. The zero-order chi connectivity index (χ0) is 17.3. The molecule has 2 aromatic rings. The Balaban J connectivity index is 1.84. The molecule has 126 valence electrons. The highest BCUT2D eigenvalue weighted by Gasteiger charge is 2.36. The smallest absolute Gasteiger partial charge is 0.308 e. The predicted molar refractivity (Wildman–Crippen MR) is 85.0 cm³/mol. The number of amides is 1. The van der Waals surface area contributed by atoms with E-state index in [2.05, 4.69) is 0 Å². The Morgan fingerprint density at radius 1 is 1.25 bits per heavy atom. The number of carboxylic acids is 1. The average molecular weight is 331 g/mol. The number of hydrogen-bond donors (Lipinski definition) is 1. The molecule has 0 radical (unpaired) electrons. The molecule has 6 heteroatoms. The molecule has 1 fully saturated rings. The number of hydrogen-bond acceptors (Lipinski definition) is 3. The Hall–Kier alpha value is -2.63. The molecule has 0 unspecified atom stereocenters. The Kier molecular flexibility index (Phi) is 4.38. The lowest BCUT2D eigenvalue weighted by molar-refractivity contribution is -0.145. The molecule has 2 atom stereocenters. The summed E-state index contributed by atoms with van der Waals surface area (Å²) in [7, 11) is 0. The quantitative estimate of drug-likeness (QED) is 0.935. The first-order chi connectivity index (χ1) is 11.5. The van der Waals surface area contributed by atoms with E-state index in [0.717, 1.165) is 0 Å². The van der Waals surface area contributed by atoms with Crippen molar-refractivity contribution in [3.05, 3.63) is 48.0 Å². The normalized spacial score (nSPS) is 20.8. The standard InChI is InChI=1S/C18H18FNO4/c1-11-12(18(22)23)6-4-10-20(11)17(21)16-9-8-15(24-16)13-5-2-3-7-14(13)19/h2-3,5,7-9,11-12H,4,6,10H2,1H3,(H,22,23)/t11-,12-/m1/s1. The largest absolute Gasteiger partial charge is 0.481 e. The highest BCUT2D eigenvalue weighted by Crippen LogP contribution is 2.28. The topological polar surface area (TPSA) is 70.8 Å². The van der Waals surface area contributed by atoms with Crippen LogP contribution in [-0.2, 0) is 4.79 Å². The van der Waals surface area contributed by atoms with E-state index < -0.39 is 23.7 Å². The number of carbonyl (C=O) groups is 2. The van der Waals surface area contributed by atoms with Gasteiger partial charge in [0.2, 0.25) is 0 Å². The predicted octanol–water partition coefficient (Wildman–Crippen LogP) is 3.41. The first-order valence-electron chi connectivity index (χ1n) is 7.87. The van der Waals surface area contributed by atoms with Crippen LogP contribution in [0.3, 0.4) is 0 Å². The van der Waals surface area contributed by atoms with Crippen molar-refractivity contribution in [1.29, 1.82) is 0 Å². The van der Waals surface area contributed by atoms with Crippen LogP contribution in [-0.4, -0.2) is 34.5 Å². The number of halogens is 1. The number of aliphatic carboxylic acids is 1. The molecule has 1 aromatic heterocycles. The Morgan fingerprint density at radius 2 is 2.00 bits per heavy atom. The molecule has 0 saturated carbocycles. The van der Waals surface area contributed by atoms with Crippen LogP contribution in [0, 0.1) is 11.7 Å². The molecule has 1 N–H and O–H groups in total. The van der Waals surface area contributed by atoms with Crippen molar-refractivity contribution < 1.29 is 23.5 Å². The molecule has 5 nitrogen and oxygen atoms in total. The van der Waals surface area contributed by atoms with E-state index in [1.165, 1.54) is 17.0 Å². The summed E-state index contributed by atoms with van der Waals surface area (Å²) in [5, 5.41) is 9.26. The SMILES string of the molecule is C[C@@H]1[C@H](C(=O)O)CCCN1C(=O)c1ccc(-c2ccccc2F)o1. The van der Waals surface area contributed by atoms with E-state index in [4.69, 9.17) is 4.42 Å². The minimum absolute atomic E-state index is 0.0890. The summed E-state index contributed by atoms with van der Waals surface area (Å²) in [6.07, 6.45) is 1.19. The fraction of sp³-hybridized carbons (Fsp3) is 0.333. The van der Waals surface area contributed by atoms with Gasteiger partial charge < -0.3 is 14.4 Å². The molecule has 0 aliphatic carbocycles. The van der Waals surface area contributed by atoms with E-state index in [9.17, 15) is 19.1 Å². The van der Waals surface area contributed by atoms with E-state index in [-0.39, 0.29) is 23.0 Å². The summed E-state index contributed by atoms with van der Waals surface area (Å²) in [6, 6.07) is 8.80. The van der Waals surface area contributed by atoms with Crippen LogP contribution in [0.1, 0.15) is 30.3 Å². The van der Waals surface area contributed by atoms with Crippen molar-refractivity contribution in [3.8, 4) is 11.3 Å². The third-order valence-electron chi connectivity index (χ3n) is 4.52. The number of likely N-dealkylation sites (tertiary alicyclic amines) is 1. The minimum atomic E-state index is -0.897. The molecule has 24 heavy (non-hydrogen) atoms. The van der Waals surface area contributed by atoms with Crippen LogP contribution in [0.15, 0.2) is 40.8 Å². The summed E-state index contributed by atoms with van der Waals surface area (Å²) in [5.74, 6) is -1.91. The van der Waals surface area contributed by atoms with Crippen molar-refractivity contribution in [2.24, 2.45) is 5.92 Å². The summed E-state index contributed by atoms with van der Waals surface area (Å²) in [5.41, 5.74) is 0.284. The van der Waals surface area contributed by atoms with Crippen LogP contribution >= 0.6 is 0 Å². The number of piperidine rings is 1. The highest BCUT2D eigenvalue weighted by atomic mass is 19.1. The van der Waals surface area contributed by atoms with Gasteiger partial charge in [-0.05, 0) is 44.0 Å². The Labute approximate surface area is 138 Å². The lowest BCUT2D eigenvalue weighted by atomic mass is 9.90. The first kappa shape index (κ1) is 16.2. The van der Waals surface area contributed by atoms with Gasteiger partial charge in [-0.1, -0.05) is 12.1 Å². The third kappa shape index (κ3) is 2.91. The number of carbonyl (C=O) groups excluding carboxylic acids is 1. The Morgan fingerprint density at radius 3 is 2.71 bits per heavy atom. The van der Waals surface area contributed by atoms with Gasteiger partial charge in [0, 0.05) is 12.6 Å². The second-order valence-corrected chi connectivity index (χ2v) is 5.97. The minimum Gasteiger partial charge on any atom is -0.481 e. The second-order valence-electron chi connectivity index (χ2n) is 5.97. The second kappa shape index (κ2) is 6.47. The van der Waals surface area contributed by atoms with Gasteiger partial charge in [-0.3, -0.25) is 9.59 Å². The van der Waals surface area contributed by atoms with E-state index in [0.29, 0.717) is 19.4 Å². The van der Waals surface area contributed by atoms with E-state index >= 15 is 0 Å². The van der Waals surface area contributed by atoms with Crippen molar-refractivity contribution >= 4 is 11.9 Å². The fourth-order valence-electron chi connectivity index (χ4n) is 3.16. The summed E-state index contributed by atoms with van der Waals surface area (Å²) >= 11 is 0. The van der Waals surface area contributed by atoms with Gasteiger partial charge in [-0.15, -0.1) is 0 Å².